The van der Waals surface area contributed by atoms with Crippen molar-refractivity contribution in [3.8, 4) is 0 Å². The molecule has 0 saturated carbocycles. The summed E-state index contributed by atoms with van der Waals surface area (Å²) in [6, 6.07) is 13.5. The van der Waals surface area contributed by atoms with Crippen molar-refractivity contribution in [3.05, 3.63) is 70.5 Å². The number of halogens is 2. The predicted octanol–water partition coefficient (Wildman–Crippen LogP) is 4.93. The van der Waals surface area contributed by atoms with Gasteiger partial charge in [-0.25, -0.2) is 4.39 Å². The fraction of sp³-hybridized carbons (Fsp3) is 0.200. The topological polar surface area (TPSA) is 0 Å². The Morgan fingerprint density at radius 2 is 1.71 bits per heavy atom. The van der Waals surface area contributed by atoms with E-state index in [4.69, 9.17) is 0 Å². The highest BCUT2D eigenvalue weighted by molar-refractivity contribution is 9.09. The minimum atomic E-state index is -0.155. The minimum absolute atomic E-state index is 0.113. The van der Waals surface area contributed by atoms with Crippen molar-refractivity contribution >= 4 is 15.9 Å². The molecule has 0 aromatic heterocycles. The van der Waals surface area contributed by atoms with E-state index in [1.165, 1.54) is 17.2 Å². The average molecular weight is 293 g/mol. The van der Waals surface area contributed by atoms with Crippen LogP contribution < -0.4 is 0 Å². The first-order valence-corrected chi connectivity index (χ1v) is 6.46. The van der Waals surface area contributed by atoms with Crippen molar-refractivity contribution in [2.45, 2.75) is 18.7 Å². The van der Waals surface area contributed by atoms with Crippen LogP contribution in [0.1, 0.15) is 27.1 Å². The lowest BCUT2D eigenvalue weighted by Gasteiger charge is -2.12. The molecule has 0 bridgehead atoms. The van der Waals surface area contributed by atoms with E-state index in [1.54, 1.807) is 6.92 Å². The van der Waals surface area contributed by atoms with Gasteiger partial charge in [0.1, 0.15) is 5.82 Å². The summed E-state index contributed by atoms with van der Waals surface area (Å²) >= 11 is 3.66. The standard InChI is InChI=1S/C15H14BrF/c1-10-4-3-5-12(8-10)15(16)13-6-7-14(17)11(2)9-13/h3-9,15H,1-2H3. The highest BCUT2D eigenvalue weighted by Crippen LogP contribution is 2.31. The van der Waals surface area contributed by atoms with E-state index in [-0.39, 0.29) is 10.6 Å². The monoisotopic (exact) mass is 292 g/mol. The molecule has 0 fully saturated rings. The van der Waals surface area contributed by atoms with Gasteiger partial charge >= 0.3 is 0 Å². The number of benzene rings is 2. The van der Waals surface area contributed by atoms with Gasteiger partial charge in [0.2, 0.25) is 0 Å². The zero-order valence-corrected chi connectivity index (χ0v) is 11.5. The molecule has 0 amide bonds. The first-order valence-electron chi connectivity index (χ1n) is 5.54. The fourth-order valence-corrected chi connectivity index (χ4v) is 2.42. The Labute approximate surface area is 110 Å². The van der Waals surface area contributed by atoms with E-state index in [9.17, 15) is 4.39 Å². The molecule has 2 heteroatoms. The zero-order chi connectivity index (χ0) is 12.4. The van der Waals surface area contributed by atoms with Crippen LogP contribution in [0.25, 0.3) is 0 Å². The van der Waals surface area contributed by atoms with Crippen molar-refractivity contribution in [1.82, 2.24) is 0 Å². The van der Waals surface area contributed by atoms with Gasteiger partial charge in [-0.05, 0) is 36.6 Å². The number of hydrogen-bond donors (Lipinski definition) is 0. The highest BCUT2D eigenvalue weighted by Gasteiger charge is 2.11. The van der Waals surface area contributed by atoms with E-state index < -0.39 is 0 Å². The minimum Gasteiger partial charge on any atom is -0.207 e. The number of alkyl halides is 1. The van der Waals surface area contributed by atoms with Gasteiger partial charge in [-0.2, -0.15) is 0 Å². The zero-order valence-electron chi connectivity index (χ0n) is 9.87. The lowest BCUT2D eigenvalue weighted by atomic mass is 10.0. The van der Waals surface area contributed by atoms with Gasteiger partial charge in [-0.15, -0.1) is 0 Å². The molecule has 0 radical (unpaired) electrons. The summed E-state index contributed by atoms with van der Waals surface area (Å²) in [6.45, 7) is 3.86. The van der Waals surface area contributed by atoms with Crippen molar-refractivity contribution in [3.63, 3.8) is 0 Å². The van der Waals surface area contributed by atoms with Crippen molar-refractivity contribution in [2.75, 3.05) is 0 Å². The SMILES string of the molecule is Cc1cccc(C(Br)c2ccc(F)c(C)c2)c1. The summed E-state index contributed by atoms with van der Waals surface area (Å²) in [5.74, 6) is -0.155. The molecule has 88 valence electrons. The summed E-state index contributed by atoms with van der Waals surface area (Å²) in [5.41, 5.74) is 4.18. The van der Waals surface area contributed by atoms with Crippen LogP contribution in [-0.4, -0.2) is 0 Å². The van der Waals surface area contributed by atoms with E-state index in [0.717, 1.165) is 5.56 Å². The number of hydrogen-bond acceptors (Lipinski definition) is 0. The summed E-state index contributed by atoms with van der Waals surface area (Å²) in [5, 5.41) is 0. The average Bonchev–Trinajstić information content (AvgIpc) is 2.32. The van der Waals surface area contributed by atoms with Gasteiger partial charge in [-0.1, -0.05) is 57.9 Å². The Bertz CT molecular complexity index is 534. The molecular formula is C15H14BrF. The summed E-state index contributed by atoms with van der Waals surface area (Å²) in [6.07, 6.45) is 0. The molecular weight excluding hydrogens is 279 g/mol. The molecule has 0 aliphatic carbocycles. The van der Waals surface area contributed by atoms with Gasteiger partial charge in [0, 0.05) is 0 Å². The Balaban J connectivity index is 2.36. The van der Waals surface area contributed by atoms with Crippen LogP contribution in [0.15, 0.2) is 42.5 Å². The van der Waals surface area contributed by atoms with Crippen LogP contribution in [0.3, 0.4) is 0 Å². The van der Waals surface area contributed by atoms with Crippen molar-refractivity contribution < 1.29 is 4.39 Å². The van der Waals surface area contributed by atoms with Gasteiger partial charge in [0.15, 0.2) is 0 Å². The Kier molecular flexibility index (Phi) is 3.63. The first-order chi connectivity index (χ1) is 8.08. The third-order valence-electron chi connectivity index (χ3n) is 2.81. The normalized spacial score (nSPS) is 12.5. The third kappa shape index (κ3) is 2.75. The first kappa shape index (κ1) is 12.3. The number of aryl methyl sites for hydroxylation is 2. The van der Waals surface area contributed by atoms with E-state index in [2.05, 4.69) is 41.1 Å². The fourth-order valence-electron chi connectivity index (χ4n) is 1.85. The molecule has 0 N–H and O–H groups in total. The van der Waals surface area contributed by atoms with Crippen LogP contribution >= 0.6 is 15.9 Å². The Hall–Kier alpha value is -1.15. The van der Waals surface area contributed by atoms with Gasteiger partial charge < -0.3 is 0 Å². The maximum absolute atomic E-state index is 13.2. The van der Waals surface area contributed by atoms with E-state index in [0.29, 0.717) is 5.56 Å². The maximum Gasteiger partial charge on any atom is 0.126 e. The van der Waals surface area contributed by atoms with E-state index >= 15 is 0 Å². The molecule has 2 rings (SSSR count). The second-order valence-electron chi connectivity index (χ2n) is 4.29. The summed E-state index contributed by atoms with van der Waals surface area (Å²) < 4.78 is 13.2. The summed E-state index contributed by atoms with van der Waals surface area (Å²) in [7, 11) is 0. The predicted molar refractivity (Wildman–Crippen MR) is 73.1 cm³/mol. The van der Waals surface area contributed by atoms with Gasteiger partial charge in [0.25, 0.3) is 0 Å². The Morgan fingerprint density at radius 1 is 1.00 bits per heavy atom. The second-order valence-corrected chi connectivity index (χ2v) is 5.20. The molecule has 0 aliphatic rings. The lowest BCUT2D eigenvalue weighted by molar-refractivity contribution is 0.618. The molecule has 0 nitrogen and oxygen atoms in total. The second kappa shape index (κ2) is 5.01. The summed E-state index contributed by atoms with van der Waals surface area (Å²) in [4.78, 5) is 0.113. The molecule has 17 heavy (non-hydrogen) atoms. The van der Waals surface area contributed by atoms with Gasteiger partial charge in [-0.3, -0.25) is 0 Å². The molecule has 0 saturated heterocycles. The molecule has 0 heterocycles. The van der Waals surface area contributed by atoms with E-state index in [1.807, 2.05) is 18.2 Å². The highest BCUT2D eigenvalue weighted by atomic mass is 79.9. The van der Waals surface area contributed by atoms with Crippen LogP contribution in [0, 0.1) is 19.7 Å². The smallest absolute Gasteiger partial charge is 0.126 e. The third-order valence-corrected chi connectivity index (χ3v) is 3.87. The van der Waals surface area contributed by atoms with Crippen molar-refractivity contribution in [1.29, 1.82) is 0 Å². The maximum atomic E-state index is 13.2. The Morgan fingerprint density at radius 3 is 2.35 bits per heavy atom. The van der Waals surface area contributed by atoms with Crippen LogP contribution in [0.4, 0.5) is 4.39 Å². The van der Waals surface area contributed by atoms with Crippen LogP contribution in [-0.2, 0) is 0 Å². The molecule has 0 spiro atoms. The molecule has 1 atom stereocenters. The molecule has 2 aromatic carbocycles. The molecule has 0 aliphatic heterocycles. The quantitative estimate of drug-likeness (QED) is 0.689. The van der Waals surface area contributed by atoms with Crippen molar-refractivity contribution in [2.24, 2.45) is 0 Å². The lowest BCUT2D eigenvalue weighted by Crippen LogP contribution is -1.95. The number of rotatable bonds is 2. The van der Waals surface area contributed by atoms with Gasteiger partial charge in [0.05, 0.1) is 4.83 Å². The molecule has 2 aromatic rings. The van der Waals surface area contributed by atoms with Crippen LogP contribution in [0.5, 0.6) is 0 Å². The molecule has 1 unspecified atom stereocenters. The van der Waals surface area contributed by atoms with Crippen LogP contribution in [0.2, 0.25) is 0 Å². The largest absolute Gasteiger partial charge is 0.207 e.